The summed E-state index contributed by atoms with van der Waals surface area (Å²) in [6.45, 7) is -1.17. The Hall–Kier alpha value is -0.320. The normalized spacial score (nSPS) is 14.1. The number of carboxylic acids is 1. The lowest BCUT2D eigenvalue weighted by molar-refractivity contribution is -0.192. The van der Waals surface area contributed by atoms with Crippen LogP contribution in [-0.4, -0.2) is 54.6 Å². The minimum absolute atomic E-state index is 0.562. The quantitative estimate of drug-likeness (QED) is 0.381. The van der Waals surface area contributed by atoms with Gasteiger partial charge < -0.3 is 25.6 Å². The van der Waals surface area contributed by atoms with Gasteiger partial charge in [-0.15, -0.1) is 0 Å². The first-order valence-electron chi connectivity index (χ1n) is 5.30. The van der Waals surface area contributed by atoms with Crippen molar-refractivity contribution in [3.8, 4) is 0 Å². The summed E-state index contributed by atoms with van der Waals surface area (Å²) in [6.07, 6.45) is -4.16. The van der Waals surface area contributed by atoms with Crippen molar-refractivity contribution in [1.29, 1.82) is 0 Å². The fourth-order valence-corrected chi connectivity index (χ4v) is 2.49. The molecule has 0 aliphatic heterocycles. The van der Waals surface area contributed by atoms with Crippen LogP contribution in [0.3, 0.4) is 0 Å². The van der Waals surface area contributed by atoms with Crippen LogP contribution in [0.15, 0.2) is 0 Å². The van der Waals surface area contributed by atoms with Gasteiger partial charge in [-0.1, -0.05) is 0 Å². The van der Waals surface area contributed by atoms with E-state index in [0.29, 0.717) is 18.8 Å². The standard InChI is InChI=1S/C6H17N2O3PS.C2HF3O2/c1-11-12(9,10)13-6-5-8-4-2-3-7;3-2(4,5)1(6)7/h8H,2-7H2,1H3,(H,9,10);(H,6,7). The smallest absolute Gasteiger partial charge is 0.475 e. The minimum atomic E-state index is -5.08. The summed E-state index contributed by atoms with van der Waals surface area (Å²) in [5, 5.41) is 10.2. The Morgan fingerprint density at radius 1 is 1.45 bits per heavy atom. The monoisotopic (exact) mass is 342 g/mol. The third-order valence-electron chi connectivity index (χ3n) is 1.56. The first-order valence-corrected chi connectivity index (χ1v) is 8.47. The molecule has 5 N–H and O–H groups in total. The van der Waals surface area contributed by atoms with Crippen LogP contribution in [0.1, 0.15) is 6.42 Å². The van der Waals surface area contributed by atoms with E-state index in [1.54, 1.807) is 0 Å². The summed E-state index contributed by atoms with van der Waals surface area (Å²) in [6, 6.07) is 0. The molecule has 0 saturated carbocycles. The minimum Gasteiger partial charge on any atom is -0.475 e. The van der Waals surface area contributed by atoms with E-state index < -0.39 is 18.9 Å². The second-order valence-corrected chi connectivity index (χ2v) is 7.31. The predicted molar refractivity (Wildman–Crippen MR) is 69.5 cm³/mol. The zero-order valence-electron chi connectivity index (χ0n) is 10.7. The fourth-order valence-electron chi connectivity index (χ4n) is 0.638. The Bertz CT molecular complexity index is 319. The Morgan fingerprint density at radius 2 is 1.95 bits per heavy atom. The molecule has 0 aromatic rings. The zero-order valence-corrected chi connectivity index (χ0v) is 12.4. The molecule has 0 amide bonds. The van der Waals surface area contributed by atoms with Gasteiger partial charge in [-0.3, -0.25) is 0 Å². The summed E-state index contributed by atoms with van der Waals surface area (Å²) >= 11 is 0.932. The average Bonchev–Trinajstić information content (AvgIpc) is 2.33. The molecule has 0 aromatic heterocycles. The Kier molecular flexibility index (Phi) is 12.5. The average molecular weight is 342 g/mol. The Labute approximate surface area is 118 Å². The van der Waals surface area contributed by atoms with Crippen LogP contribution in [0, 0.1) is 0 Å². The molecule has 1 unspecified atom stereocenters. The van der Waals surface area contributed by atoms with Crippen LogP contribution >= 0.6 is 18.2 Å². The van der Waals surface area contributed by atoms with Gasteiger partial charge in [0.05, 0.1) is 0 Å². The van der Waals surface area contributed by atoms with Crippen LogP contribution in [0.25, 0.3) is 0 Å². The summed E-state index contributed by atoms with van der Waals surface area (Å²) in [5.41, 5.74) is 5.28. The van der Waals surface area contributed by atoms with Crippen LogP contribution < -0.4 is 11.1 Å². The molecule has 12 heteroatoms. The number of rotatable bonds is 8. The molecule has 1 atom stereocenters. The van der Waals surface area contributed by atoms with E-state index in [1.165, 1.54) is 7.11 Å². The largest absolute Gasteiger partial charge is 0.490 e. The highest BCUT2D eigenvalue weighted by Gasteiger charge is 2.38. The van der Waals surface area contributed by atoms with Gasteiger partial charge in [0.15, 0.2) is 0 Å². The van der Waals surface area contributed by atoms with E-state index in [0.717, 1.165) is 24.3 Å². The topological polar surface area (TPSA) is 122 Å². The van der Waals surface area contributed by atoms with E-state index in [2.05, 4.69) is 9.84 Å². The lowest BCUT2D eigenvalue weighted by Crippen LogP contribution is -2.21. The molecule has 0 radical (unpaired) electrons. The number of hydrogen-bond acceptors (Lipinski definition) is 6. The number of nitrogens with one attached hydrogen (secondary N) is 1. The van der Waals surface area contributed by atoms with Gasteiger partial charge in [0, 0.05) is 19.4 Å². The molecular formula is C8H18F3N2O5PS. The maximum Gasteiger partial charge on any atom is 0.490 e. The van der Waals surface area contributed by atoms with Crippen molar-refractivity contribution in [3.63, 3.8) is 0 Å². The van der Waals surface area contributed by atoms with E-state index in [1.807, 2.05) is 0 Å². The zero-order chi connectivity index (χ0) is 16.2. The van der Waals surface area contributed by atoms with Crippen molar-refractivity contribution in [2.24, 2.45) is 5.73 Å². The first kappa shape index (κ1) is 22.0. The number of nitrogens with two attached hydrogens (primary N) is 1. The van der Waals surface area contributed by atoms with Crippen molar-refractivity contribution in [1.82, 2.24) is 5.32 Å². The second kappa shape index (κ2) is 11.4. The van der Waals surface area contributed by atoms with Gasteiger partial charge in [0.1, 0.15) is 0 Å². The van der Waals surface area contributed by atoms with Gasteiger partial charge in [0.2, 0.25) is 0 Å². The van der Waals surface area contributed by atoms with Crippen LogP contribution in [0.4, 0.5) is 13.2 Å². The third kappa shape index (κ3) is 15.7. The Morgan fingerprint density at radius 3 is 2.30 bits per heavy atom. The van der Waals surface area contributed by atoms with Crippen LogP contribution in [-0.2, 0) is 13.9 Å². The SMILES string of the molecule is COP(=O)(O)SCCNCCCN.O=C(O)C(F)(F)F. The fraction of sp³-hybridized carbons (Fsp3) is 0.875. The van der Waals surface area contributed by atoms with Crippen molar-refractivity contribution >= 4 is 24.1 Å². The van der Waals surface area contributed by atoms with Crippen LogP contribution in [0.5, 0.6) is 0 Å². The molecule has 20 heavy (non-hydrogen) atoms. The third-order valence-corrected chi connectivity index (χ3v) is 4.71. The molecule has 0 spiro atoms. The molecule has 0 rings (SSSR count). The van der Waals surface area contributed by atoms with Crippen LogP contribution in [0.2, 0.25) is 0 Å². The number of hydrogen-bond donors (Lipinski definition) is 4. The van der Waals surface area contributed by atoms with Gasteiger partial charge >= 0.3 is 18.9 Å². The first-order chi connectivity index (χ1) is 9.06. The van der Waals surface area contributed by atoms with Crippen molar-refractivity contribution < 1.29 is 37.1 Å². The molecule has 0 fully saturated rings. The molecule has 0 aliphatic rings. The predicted octanol–water partition coefficient (Wildman–Crippen LogP) is 1.04. The number of carbonyl (C=O) groups is 1. The number of halogens is 3. The number of alkyl halides is 3. The highest BCUT2D eigenvalue weighted by atomic mass is 32.7. The molecule has 0 aromatic carbocycles. The summed E-state index contributed by atoms with van der Waals surface area (Å²) in [7, 11) is 1.23. The molecule has 0 aliphatic carbocycles. The number of aliphatic carboxylic acids is 1. The second-order valence-electron chi connectivity index (χ2n) is 3.18. The van der Waals surface area contributed by atoms with E-state index in [-0.39, 0.29) is 0 Å². The van der Waals surface area contributed by atoms with Crippen molar-refractivity contribution in [2.45, 2.75) is 12.6 Å². The van der Waals surface area contributed by atoms with Crippen molar-refractivity contribution in [3.05, 3.63) is 0 Å². The molecule has 122 valence electrons. The molecule has 0 heterocycles. The van der Waals surface area contributed by atoms with Gasteiger partial charge in [-0.2, -0.15) is 13.2 Å². The van der Waals surface area contributed by atoms with Gasteiger partial charge in [-0.05, 0) is 30.9 Å². The highest BCUT2D eigenvalue weighted by Crippen LogP contribution is 2.54. The van der Waals surface area contributed by atoms with E-state index in [4.69, 9.17) is 20.5 Å². The number of carboxylic acid groups (broad SMARTS) is 1. The summed E-state index contributed by atoms with van der Waals surface area (Å²) in [4.78, 5) is 17.9. The highest BCUT2D eigenvalue weighted by molar-refractivity contribution is 8.54. The maximum atomic E-state index is 10.9. The lowest BCUT2D eigenvalue weighted by Gasteiger charge is -2.07. The van der Waals surface area contributed by atoms with Gasteiger partial charge in [0.25, 0.3) is 0 Å². The molecule has 0 saturated heterocycles. The molecular weight excluding hydrogens is 324 g/mol. The van der Waals surface area contributed by atoms with Gasteiger partial charge in [-0.25, -0.2) is 9.36 Å². The molecule has 0 bridgehead atoms. The summed E-state index contributed by atoms with van der Waals surface area (Å²) < 4.78 is 47.0. The summed E-state index contributed by atoms with van der Waals surface area (Å²) in [5.74, 6) is -2.20. The lowest BCUT2D eigenvalue weighted by atomic mass is 10.4. The maximum absolute atomic E-state index is 10.9. The van der Waals surface area contributed by atoms with E-state index in [9.17, 15) is 17.7 Å². The van der Waals surface area contributed by atoms with Crippen molar-refractivity contribution in [2.75, 3.05) is 32.5 Å². The Balaban J connectivity index is 0. The molecule has 7 nitrogen and oxygen atoms in total. The van der Waals surface area contributed by atoms with E-state index >= 15 is 0 Å².